The fourth-order valence-electron chi connectivity index (χ4n) is 2.37. The zero-order valence-corrected chi connectivity index (χ0v) is 12.2. The minimum atomic E-state index is -0.852. The van der Waals surface area contributed by atoms with Gasteiger partial charge in [-0.25, -0.2) is 9.55 Å². The molecule has 0 spiro atoms. The van der Waals surface area contributed by atoms with Gasteiger partial charge in [-0.3, -0.25) is 0 Å². The Morgan fingerprint density at radius 2 is 2.11 bits per heavy atom. The number of rotatable bonds is 4. The Bertz CT molecular complexity index is 368. The van der Waals surface area contributed by atoms with Crippen LogP contribution in [0.2, 0.25) is 0 Å². The smallest absolute Gasteiger partial charge is 0.253 e. The number of unbranched alkanes of at least 4 members (excludes halogenated alkanes) is 1. The third-order valence-electron chi connectivity index (χ3n) is 3.68. The van der Waals surface area contributed by atoms with Crippen molar-refractivity contribution < 1.29 is 14.5 Å². The molecule has 2 rings (SSSR count). The molecule has 1 fully saturated rings. The highest BCUT2D eigenvalue weighted by atomic mass is 16.4. The van der Waals surface area contributed by atoms with Crippen LogP contribution < -0.4 is 9.67 Å². The Morgan fingerprint density at radius 3 is 2.53 bits per heavy atom. The maximum atomic E-state index is 10.2. The van der Waals surface area contributed by atoms with Crippen LogP contribution in [-0.4, -0.2) is 11.0 Å². The van der Waals surface area contributed by atoms with Gasteiger partial charge in [0.2, 0.25) is 0 Å². The second kappa shape index (κ2) is 8.73. The van der Waals surface area contributed by atoms with Gasteiger partial charge in [-0.15, -0.1) is 0 Å². The molecule has 1 aliphatic carbocycles. The number of aromatic nitrogens is 2. The summed E-state index contributed by atoms with van der Waals surface area (Å²) in [5.74, 6) is 0.329. The molecule has 1 aromatic rings. The molecule has 0 aromatic carbocycles. The third-order valence-corrected chi connectivity index (χ3v) is 3.68. The number of imidazole rings is 1. The minimum Gasteiger partial charge on any atom is -0.550 e. The predicted molar refractivity (Wildman–Crippen MR) is 72.2 cm³/mol. The average Bonchev–Trinajstić information content (AvgIpc) is 2.83. The van der Waals surface area contributed by atoms with Crippen LogP contribution in [0, 0.1) is 5.92 Å². The van der Waals surface area contributed by atoms with Gasteiger partial charge in [0.05, 0.1) is 7.05 Å². The lowest BCUT2D eigenvalue weighted by Crippen LogP contribution is -2.32. The van der Waals surface area contributed by atoms with Gasteiger partial charge in [-0.05, 0) is 25.2 Å². The zero-order valence-electron chi connectivity index (χ0n) is 12.2. The number of carbonyl (C=O) groups excluding carboxylic acids is 1. The van der Waals surface area contributed by atoms with Crippen LogP contribution in [0.1, 0.15) is 57.7 Å². The average molecular weight is 266 g/mol. The first-order valence-corrected chi connectivity index (χ1v) is 7.38. The van der Waals surface area contributed by atoms with E-state index in [1.165, 1.54) is 31.5 Å². The molecule has 1 aromatic heterocycles. The van der Waals surface area contributed by atoms with Crippen LogP contribution in [0.15, 0.2) is 12.4 Å². The molecular weight excluding hydrogens is 240 g/mol. The van der Waals surface area contributed by atoms with Crippen LogP contribution in [0.4, 0.5) is 0 Å². The van der Waals surface area contributed by atoms with Crippen LogP contribution in [-0.2, 0) is 18.3 Å². The molecule has 0 unspecified atom stereocenters. The first-order chi connectivity index (χ1) is 9.15. The van der Waals surface area contributed by atoms with Gasteiger partial charge in [0, 0.05) is 12.4 Å². The molecule has 0 radical (unpaired) electrons. The molecule has 1 heterocycles. The predicted octanol–water partition coefficient (Wildman–Crippen LogP) is 1.50. The van der Waals surface area contributed by atoms with E-state index in [9.17, 15) is 9.90 Å². The van der Waals surface area contributed by atoms with Gasteiger partial charge in [0.1, 0.15) is 12.4 Å². The van der Waals surface area contributed by atoms with E-state index in [2.05, 4.69) is 23.5 Å². The molecule has 19 heavy (non-hydrogen) atoms. The maximum absolute atomic E-state index is 10.2. The van der Waals surface area contributed by atoms with E-state index in [-0.39, 0.29) is 5.92 Å². The number of nitrogens with one attached hydrogen (secondary N) is 1. The van der Waals surface area contributed by atoms with Gasteiger partial charge in [0.15, 0.2) is 0 Å². The minimum absolute atomic E-state index is 0.140. The lowest BCUT2D eigenvalue weighted by atomic mass is 9.90. The quantitative estimate of drug-likeness (QED) is 0.840. The Morgan fingerprint density at radius 1 is 1.42 bits per heavy atom. The molecule has 0 saturated heterocycles. The van der Waals surface area contributed by atoms with E-state index in [1.54, 1.807) is 0 Å². The number of hydrogen-bond donors (Lipinski definition) is 1. The summed E-state index contributed by atoms with van der Waals surface area (Å²) in [4.78, 5) is 13.4. The largest absolute Gasteiger partial charge is 0.550 e. The first kappa shape index (κ1) is 15.7. The molecule has 0 atom stereocenters. The van der Waals surface area contributed by atoms with Crippen LogP contribution in [0.5, 0.6) is 0 Å². The summed E-state index contributed by atoms with van der Waals surface area (Å²) in [7, 11) is 2.07. The second-order valence-electron chi connectivity index (χ2n) is 5.28. The molecule has 108 valence electrons. The van der Waals surface area contributed by atoms with Crippen molar-refractivity contribution in [1.29, 1.82) is 0 Å². The third kappa shape index (κ3) is 5.90. The Labute approximate surface area is 115 Å². The summed E-state index contributed by atoms with van der Waals surface area (Å²) >= 11 is 0. The number of hydrogen-bond acceptors (Lipinski definition) is 2. The van der Waals surface area contributed by atoms with Crippen molar-refractivity contribution in [2.24, 2.45) is 13.0 Å². The van der Waals surface area contributed by atoms with Crippen LogP contribution in [0.3, 0.4) is 0 Å². The highest BCUT2D eigenvalue weighted by Gasteiger charge is 2.13. The van der Waals surface area contributed by atoms with Gasteiger partial charge < -0.3 is 9.90 Å². The van der Waals surface area contributed by atoms with E-state index in [1.807, 2.05) is 12.4 Å². The Kier molecular flexibility index (Phi) is 7.23. The number of aryl methyl sites for hydroxylation is 2. The van der Waals surface area contributed by atoms with Crippen molar-refractivity contribution in [3.63, 3.8) is 0 Å². The molecule has 4 nitrogen and oxygen atoms in total. The first-order valence-electron chi connectivity index (χ1n) is 7.38. The van der Waals surface area contributed by atoms with E-state index < -0.39 is 5.97 Å². The van der Waals surface area contributed by atoms with Crippen molar-refractivity contribution in [3.05, 3.63) is 18.2 Å². The maximum Gasteiger partial charge on any atom is 0.253 e. The molecule has 0 bridgehead atoms. The van der Waals surface area contributed by atoms with E-state index in [0.717, 1.165) is 25.7 Å². The van der Waals surface area contributed by atoms with Crippen molar-refractivity contribution in [3.8, 4) is 0 Å². The van der Waals surface area contributed by atoms with Crippen LogP contribution in [0.25, 0.3) is 0 Å². The number of aliphatic carboxylic acids is 1. The van der Waals surface area contributed by atoms with E-state index >= 15 is 0 Å². The zero-order chi connectivity index (χ0) is 14.1. The Hall–Kier alpha value is -1.32. The monoisotopic (exact) mass is 266 g/mol. The second-order valence-corrected chi connectivity index (χ2v) is 5.28. The molecule has 1 aliphatic rings. The fourth-order valence-corrected chi connectivity index (χ4v) is 2.37. The topological polar surface area (TPSA) is 59.8 Å². The lowest BCUT2D eigenvalue weighted by molar-refractivity contribution is -0.677. The van der Waals surface area contributed by atoms with Gasteiger partial charge in [-0.1, -0.05) is 32.6 Å². The van der Waals surface area contributed by atoms with Gasteiger partial charge >= 0.3 is 0 Å². The molecule has 4 heteroatoms. The normalized spacial score (nSPS) is 15.7. The molecule has 0 amide bonds. The summed E-state index contributed by atoms with van der Waals surface area (Å²) in [6.45, 7) is 2.21. The number of nitrogens with zero attached hydrogens (tertiary/aromatic N) is 1. The van der Waals surface area contributed by atoms with E-state index in [0.29, 0.717) is 0 Å². The summed E-state index contributed by atoms with van der Waals surface area (Å²) in [5.41, 5.74) is 0. The summed E-state index contributed by atoms with van der Waals surface area (Å²) < 4.78 is 2.13. The lowest BCUT2D eigenvalue weighted by Gasteiger charge is -2.21. The van der Waals surface area contributed by atoms with Crippen molar-refractivity contribution in [1.82, 2.24) is 4.98 Å². The number of H-pyrrole nitrogens is 1. The SMILES string of the molecule is CCCCc1[nH]cc[n+]1C.O=C([O-])C1CCCCC1. The van der Waals surface area contributed by atoms with E-state index in [4.69, 9.17) is 0 Å². The molecule has 1 N–H and O–H groups in total. The Balaban J connectivity index is 0.000000191. The number of aromatic amines is 1. The highest BCUT2D eigenvalue weighted by molar-refractivity contribution is 5.67. The summed E-state index contributed by atoms with van der Waals surface area (Å²) in [6, 6.07) is 0. The highest BCUT2D eigenvalue weighted by Crippen LogP contribution is 2.22. The standard InChI is InChI=1S/C8H14N2.C7H12O2/c1-3-4-5-8-9-6-7-10(8)2;8-7(9)6-4-2-1-3-5-6/h6-7H,3-5H2,1-2H3;6H,1-5H2,(H,8,9). The van der Waals surface area contributed by atoms with Crippen molar-refractivity contribution >= 4 is 5.97 Å². The number of carbonyl (C=O) groups is 1. The molecule has 1 saturated carbocycles. The van der Waals surface area contributed by atoms with Crippen molar-refractivity contribution in [2.75, 3.05) is 0 Å². The fraction of sp³-hybridized carbons (Fsp3) is 0.733. The number of carboxylic acid groups (broad SMARTS) is 1. The van der Waals surface area contributed by atoms with Crippen molar-refractivity contribution in [2.45, 2.75) is 58.3 Å². The molecule has 0 aliphatic heterocycles. The summed E-state index contributed by atoms with van der Waals surface area (Å²) in [6.07, 6.45) is 12.7. The van der Waals surface area contributed by atoms with Gasteiger partial charge in [-0.2, -0.15) is 0 Å². The van der Waals surface area contributed by atoms with Crippen LogP contribution >= 0.6 is 0 Å². The number of carboxylic acids is 1. The van der Waals surface area contributed by atoms with Gasteiger partial charge in [0.25, 0.3) is 5.82 Å². The molecular formula is C15H26N2O2. The summed E-state index contributed by atoms with van der Waals surface area (Å²) in [5, 5.41) is 10.2.